The number of nitrogens with one attached hydrogen (secondary N) is 1. The van der Waals surface area contributed by atoms with Crippen LogP contribution in [0.4, 0.5) is 13.2 Å². The number of carbonyl (C=O) groups is 2. The molecule has 3 rings (SSSR count). The molecule has 0 saturated carbocycles. The first-order valence-electron chi connectivity index (χ1n) is 8.69. The first-order chi connectivity index (χ1) is 13.6. The minimum atomic E-state index is -2.75. The third-order valence-electron chi connectivity index (χ3n) is 4.23. The van der Waals surface area contributed by atoms with Crippen LogP contribution in [-0.4, -0.2) is 35.6 Å². The van der Waals surface area contributed by atoms with Gasteiger partial charge in [-0.1, -0.05) is 0 Å². The monoisotopic (exact) mass is 409 g/mol. The molecule has 0 unspecified atom stereocenters. The van der Waals surface area contributed by atoms with Crippen LogP contribution in [-0.2, 0) is 6.42 Å². The van der Waals surface area contributed by atoms with E-state index in [2.05, 4.69) is 0 Å². The predicted octanol–water partition coefficient (Wildman–Crippen LogP) is 4.02. The molecule has 6 nitrogen and oxygen atoms in total. The third-order valence-corrected chi connectivity index (χ3v) is 4.23. The Morgan fingerprint density at radius 1 is 1.28 bits per heavy atom. The molecule has 1 heterocycles. The van der Waals surface area contributed by atoms with Crippen molar-refractivity contribution in [3.05, 3.63) is 52.8 Å². The van der Waals surface area contributed by atoms with Gasteiger partial charge in [-0.25, -0.2) is 18.0 Å². The van der Waals surface area contributed by atoms with Gasteiger partial charge in [0.2, 0.25) is 0 Å². The minimum absolute atomic E-state index is 0.0161. The van der Waals surface area contributed by atoms with Gasteiger partial charge < -0.3 is 19.9 Å². The van der Waals surface area contributed by atoms with E-state index in [4.69, 9.17) is 9.47 Å². The maximum atomic E-state index is 14.3. The molecule has 1 aliphatic rings. The number of amides is 1. The second kappa shape index (κ2) is 7.65. The van der Waals surface area contributed by atoms with E-state index in [0.29, 0.717) is 17.7 Å². The van der Waals surface area contributed by atoms with Crippen molar-refractivity contribution in [2.24, 2.45) is 0 Å². The summed E-state index contributed by atoms with van der Waals surface area (Å²) in [5.74, 6) is -2.53. The van der Waals surface area contributed by atoms with E-state index in [1.807, 2.05) is 19.2 Å². The fourth-order valence-corrected chi connectivity index (χ4v) is 2.99. The van der Waals surface area contributed by atoms with Crippen LogP contribution in [0.5, 0.6) is 17.2 Å². The molecule has 0 radical (unpaired) electrons. The molecule has 2 aromatic rings. The van der Waals surface area contributed by atoms with Crippen molar-refractivity contribution in [3.8, 4) is 17.2 Å². The van der Waals surface area contributed by atoms with E-state index in [0.717, 1.165) is 12.1 Å². The number of alkyl halides is 2. The van der Waals surface area contributed by atoms with Gasteiger partial charge in [0.05, 0.1) is 17.7 Å². The Morgan fingerprint density at radius 3 is 2.62 bits per heavy atom. The molecule has 154 valence electrons. The van der Waals surface area contributed by atoms with Crippen LogP contribution in [0.15, 0.2) is 30.3 Å². The number of hydrogen-bond donors (Lipinski definition) is 2. The number of fused-ring (bicyclic) bond motifs is 1. The number of benzene rings is 2. The van der Waals surface area contributed by atoms with E-state index in [-0.39, 0.29) is 17.1 Å². The molecule has 0 aliphatic carbocycles. The van der Waals surface area contributed by atoms with E-state index in [9.17, 15) is 27.9 Å². The van der Waals surface area contributed by atoms with Gasteiger partial charge in [0.15, 0.2) is 0 Å². The molecule has 0 saturated heterocycles. The molecular weight excluding hydrogens is 391 g/mol. The predicted molar refractivity (Wildman–Crippen MR) is 96.6 cm³/mol. The summed E-state index contributed by atoms with van der Waals surface area (Å²) < 4.78 is 50.1. The van der Waals surface area contributed by atoms with Gasteiger partial charge in [-0.2, -0.15) is 0 Å². The van der Waals surface area contributed by atoms with Crippen molar-refractivity contribution in [1.29, 1.82) is 0 Å². The largest absolute Gasteiger partial charge is 0.487 e. The molecule has 0 spiro atoms. The minimum Gasteiger partial charge on any atom is -0.487 e. The van der Waals surface area contributed by atoms with E-state index in [1.54, 1.807) is 0 Å². The maximum Gasteiger partial charge on any atom is 0.335 e. The third kappa shape index (κ3) is 4.61. The number of carboxylic acids is 1. The first kappa shape index (κ1) is 20.5. The fourth-order valence-electron chi connectivity index (χ4n) is 2.99. The molecule has 0 fully saturated rings. The molecule has 1 amide bonds. The van der Waals surface area contributed by atoms with Crippen LogP contribution in [0.1, 0.15) is 40.1 Å². The average Bonchev–Trinajstić information content (AvgIpc) is 2.94. The molecule has 2 N–H and O–H groups in total. The van der Waals surface area contributed by atoms with Crippen molar-refractivity contribution in [1.82, 2.24) is 5.32 Å². The number of carboxylic acid groups (broad SMARTS) is 1. The highest BCUT2D eigenvalue weighted by molar-refractivity contribution is 5.94. The summed E-state index contributed by atoms with van der Waals surface area (Å²) in [5.41, 5.74) is -0.388. The van der Waals surface area contributed by atoms with Crippen molar-refractivity contribution in [2.45, 2.75) is 32.3 Å². The van der Waals surface area contributed by atoms with Gasteiger partial charge in [-0.05, 0) is 38.1 Å². The van der Waals surface area contributed by atoms with Crippen LogP contribution in [0, 0.1) is 5.82 Å². The Kier molecular flexibility index (Phi) is 5.41. The Balaban J connectivity index is 1.88. The first-order valence-corrected chi connectivity index (χ1v) is 8.69. The standard InChI is InChI=1S/C20H18F3NO5/c1-20(2)8-13-15(5-10(19(26)27)6-16(13)29-20)28-11-3-4-12(14(21)7-11)18(25)24-9-17(22)23/h3-7,17H,8-9H2,1-2H3,(H,24,25)(H,26,27). The molecule has 0 aromatic heterocycles. The number of ether oxygens (including phenoxy) is 2. The van der Waals surface area contributed by atoms with Crippen molar-refractivity contribution < 1.29 is 37.3 Å². The zero-order valence-corrected chi connectivity index (χ0v) is 15.6. The lowest BCUT2D eigenvalue weighted by Crippen LogP contribution is -2.29. The summed E-state index contributed by atoms with van der Waals surface area (Å²) >= 11 is 0. The molecule has 0 bridgehead atoms. The SMILES string of the molecule is CC1(C)Cc2c(Oc3ccc(C(=O)NCC(F)F)c(F)c3)cc(C(=O)O)cc2O1. The number of rotatable bonds is 6. The zero-order chi connectivity index (χ0) is 21.3. The summed E-state index contributed by atoms with van der Waals surface area (Å²) in [6.07, 6.45) is -2.30. The van der Waals surface area contributed by atoms with Gasteiger partial charge in [0.25, 0.3) is 12.3 Å². The summed E-state index contributed by atoms with van der Waals surface area (Å²) in [6, 6.07) is 6.04. The van der Waals surface area contributed by atoms with Gasteiger partial charge in [-0.15, -0.1) is 0 Å². The normalized spacial score (nSPS) is 14.3. The quantitative estimate of drug-likeness (QED) is 0.753. The highest BCUT2D eigenvalue weighted by Gasteiger charge is 2.34. The van der Waals surface area contributed by atoms with Gasteiger partial charge in [-0.3, -0.25) is 4.79 Å². The fraction of sp³-hybridized carbons (Fsp3) is 0.300. The maximum absolute atomic E-state index is 14.3. The van der Waals surface area contributed by atoms with E-state index < -0.39 is 41.8 Å². The summed E-state index contributed by atoms with van der Waals surface area (Å²) in [5, 5.41) is 11.2. The van der Waals surface area contributed by atoms with Crippen LogP contribution >= 0.6 is 0 Å². The summed E-state index contributed by atoms with van der Waals surface area (Å²) in [7, 11) is 0. The highest BCUT2D eigenvalue weighted by atomic mass is 19.3. The van der Waals surface area contributed by atoms with Crippen molar-refractivity contribution in [2.75, 3.05) is 6.54 Å². The van der Waals surface area contributed by atoms with Crippen LogP contribution in [0.3, 0.4) is 0 Å². The van der Waals surface area contributed by atoms with Crippen LogP contribution in [0.2, 0.25) is 0 Å². The molecular formula is C20H18F3NO5. The lowest BCUT2D eigenvalue weighted by atomic mass is 10.00. The van der Waals surface area contributed by atoms with Gasteiger partial charge in [0.1, 0.15) is 28.7 Å². The second-order valence-electron chi connectivity index (χ2n) is 7.14. The van der Waals surface area contributed by atoms with E-state index >= 15 is 0 Å². The number of hydrogen-bond acceptors (Lipinski definition) is 4. The van der Waals surface area contributed by atoms with Gasteiger partial charge in [0, 0.05) is 18.1 Å². The van der Waals surface area contributed by atoms with Crippen LogP contribution < -0.4 is 14.8 Å². The molecule has 1 aliphatic heterocycles. The lowest BCUT2D eigenvalue weighted by molar-refractivity contribution is 0.0694. The Morgan fingerprint density at radius 2 is 2.00 bits per heavy atom. The summed E-state index contributed by atoms with van der Waals surface area (Å²) in [6.45, 7) is 2.79. The molecule has 2 aromatic carbocycles. The number of aromatic carboxylic acids is 1. The molecule has 9 heteroatoms. The smallest absolute Gasteiger partial charge is 0.335 e. The number of halogens is 3. The average molecular weight is 409 g/mol. The Hall–Kier alpha value is -3.23. The topological polar surface area (TPSA) is 84.9 Å². The number of carbonyl (C=O) groups excluding carboxylic acids is 1. The second-order valence-corrected chi connectivity index (χ2v) is 7.14. The Labute approximate surface area is 164 Å². The molecule has 29 heavy (non-hydrogen) atoms. The highest BCUT2D eigenvalue weighted by Crippen LogP contribution is 2.43. The van der Waals surface area contributed by atoms with Crippen molar-refractivity contribution >= 4 is 11.9 Å². The lowest BCUT2D eigenvalue weighted by Gasteiger charge is -2.16. The zero-order valence-electron chi connectivity index (χ0n) is 15.6. The van der Waals surface area contributed by atoms with Crippen molar-refractivity contribution in [3.63, 3.8) is 0 Å². The Bertz CT molecular complexity index is 975. The molecule has 0 atom stereocenters. The summed E-state index contributed by atoms with van der Waals surface area (Å²) in [4.78, 5) is 23.2. The van der Waals surface area contributed by atoms with E-state index in [1.165, 1.54) is 18.2 Å². The van der Waals surface area contributed by atoms with Crippen LogP contribution in [0.25, 0.3) is 0 Å². The van der Waals surface area contributed by atoms with Gasteiger partial charge >= 0.3 is 5.97 Å².